The van der Waals surface area contributed by atoms with Crippen LogP contribution in [0.15, 0.2) is 18.2 Å². The van der Waals surface area contributed by atoms with Crippen LogP contribution >= 0.6 is 0 Å². The van der Waals surface area contributed by atoms with Gasteiger partial charge in [-0.2, -0.15) is 0 Å². The maximum Gasteiger partial charge on any atom is 0.246 e. The van der Waals surface area contributed by atoms with Gasteiger partial charge < -0.3 is 10.2 Å². The molecule has 1 N–H and O–H groups in total. The summed E-state index contributed by atoms with van der Waals surface area (Å²) in [5, 5.41) is 2.67. The first-order chi connectivity index (χ1) is 9.75. The molecule has 1 aliphatic rings. The number of amides is 2. The second kappa shape index (κ2) is 5.42. The lowest BCUT2D eigenvalue weighted by Gasteiger charge is -2.44. The highest BCUT2D eigenvalue weighted by molar-refractivity contribution is 5.99. The van der Waals surface area contributed by atoms with Gasteiger partial charge in [0.15, 0.2) is 0 Å². The van der Waals surface area contributed by atoms with Gasteiger partial charge in [0.05, 0.1) is 0 Å². The molecule has 0 saturated carbocycles. The zero-order valence-corrected chi connectivity index (χ0v) is 12.2. The van der Waals surface area contributed by atoms with Gasteiger partial charge in [0.1, 0.15) is 23.2 Å². The number of carbonyl (C=O) groups excluding carboxylic acids is 2. The van der Waals surface area contributed by atoms with Crippen LogP contribution in [0.5, 0.6) is 0 Å². The molecule has 2 rings (SSSR count). The van der Waals surface area contributed by atoms with Gasteiger partial charge in [-0.25, -0.2) is 8.78 Å². The highest BCUT2D eigenvalue weighted by atomic mass is 19.1. The summed E-state index contributed by atoms with van der Waals surface area (Å²) >= 11 is 0. The SMILES string of the molecule is CCC1NC(=O)C(C)(C)N(Cc2cc(F)cc(F)c2)C1=O. The van der Waals surface area contributed by atoms with Gasteiger partial charge in [0.25, 0.3) is 0 Å². The Hall–Kier alpha value is -1.98. The van der Waals surface area contributed by atoms with Crippen LogP contribution in [0.1, 0.15) is 32.8 Å². The molecule has 21 heavy (non-hydrogen) atoms. The molecule has 6 heteroatoms. The second-order valence-corrected chi connectivity index (χ2v) is 5.70. The van der Waals surface area contributed by atoms with E-state index < -0.39 is 23.2 Å². The normalized spacial score (nSPS) is 21.4. The fraction of sp³-hybridized carbons (Fsp3) is 0.467. The largest absolute Gasteiger partial charge is 0.342 e. The van der Waals surface area contributed by atoms with E-state index in [0.717, 1.165) is 6.07 Å². The van der Waals surface area contributed by atoms with Crippen LogP contribution in [0.2, 0.25) is 0 Å². The molecule has 0 aromatic heterocycles. The fourth-order valence-corrected chi connectivity index (χ4v) is 2.42. The second-order valence-electron chi connectivity index (χ2n) is 5.70. The summed E-state index contributed by atoms with van der Waals surface area (Å²) < 4.78 is 26.5. The average molecular weight is 296 g/mol. The lowest BCUT2D eigenvalue weighted by Crippen LogP contribution is -2.67. The van der Waals surface area contributed by atoms with E-state index in [1.165, 1.54) is 17.0 Å². The van der Waals surface area contributed by atoms with Crippen LogP contribution in [0.3, 0.4) is 0 Å². The van der Waals surface area contributed by atoms with E-state index in [9.17, 15) is 18.4 Å². The summed E-state index contributed by atoms with van der Waals surface area (Å²) in [5.74, 6) is -1.93. The van der Waals surface area contributed by atoms with E-state index >= 15 is 0 Å². The summed E-state index contributed by atoms with van der Waals surface area (Å²) in [5.41, 5.74) is -0.746. The van der Waals surface area contributed by atoms with Crippen molar-refractivity contribution in [2.24, 2.45) is 0 Å². The average Bonchev–Trinajstić information content (AvgIpc) is 2.38. The van der Waals surface area contributed by atoms with Crippen molar-refractivity contribution < 1.29 is 18.4 Å². The molecule has 0 aliphatic carbocycles. The molecule has 1 saturated heterocycles. The van der Waals surface area contributed by atoms with Crippen LogP contribution in [-0.4, -0.2) is 28.3 Å². The standard InChI is InChI=1S/C15H18F2N2O2/c1-4-12-13(20)19(15(2,3)14(21)18-12)8-9-5-10(16)7-11(17)6-9/h5-7,12H,4,8H2,1-3H3,(H,18,21). The smallest absolute Gasteiger partial charge is 0.246 e. The van der Waals surface area contributed by atoms with Crippen LogP contribution in [0, 0.1) is 11.6 Å². The van der Waals surface area contributed by atoms with Crippen LogP contribution in [0.25, 0.3) is 0 Å². The van der Waals surface area contributed by atoms with Crippen molar-refractivity contribution >= 4 is 11.8 Å². The number of nitrogens with zero attached hydrogens (tertiary/aromatic N) is 1. The summed E-state index contributed by atoms with van der Waals surface area (Å²) in [6, 6.07) is 2.51. The molecule has 2 amide bonds. The van der Waals surface area contributed by atoms with E-state index in [0.29, 0.717) is 12.0 Å². The van der Waals surface area contributed by atoms with Crippen molar-refractivity contribution in [1.29, 1.82) is 0 Å². The Morgan fingerprint density at radius 1 is 1.19 bits per heavy atom. The first-order valence-corrected chi connectivity index (χ1v) is 6.83. The summed E-state index contributed by atoms with van der Waals surface area (Å²) in [6.07, 6.45) is 0.467. The van der Waals surface area contributed by atoms with E-state index in [1.54, 1.807) is 20.8 Å². The molecule has 1 aliphatic heterocycles. The van der Waals surface area contributed by atoms with Gasteiger partial charge in [-0.3, -0.25) is 9.59 Å². The molecule has 1 unspecified atom stereocenters. The lowest BCUT2D eigenvalue weighted by atomic mass is 9.94. The van der Waals surface area contributed by atoms with Crippen molar-refractivity contribution in [3.63, 3.8) is 0 Å². The molecule has 1 heterocycles. The fourth-order valence-electron chi connectivity index (χ4n) is 2.42. The minimum absolute atomic E-state index is 0.00949. The van der Waals surface area contributed by atoms with Gasteiger partial charge in [0, 0.05) is 12.6 Å². The molecule has 1 atom stereocenters. The number of halogens is 2. The minimum Gasteiger partial charge on any atom is -0.342 e. The van der Waals surface area contributed by atoms with Gasteiger partial charge in [-0.1, -0.05) is 6.92 Å². The predicted molar refractivity (Wildman–Crippen MR) is 73.2 cm³/mol. The maximum absolute atomic E-state index is 13.3. The van der Waals surface area contributed by atoms with Crippen LogP contribution in [-0.2, 0) is 16.1 Å². The topological polar surface area (TPSA) is 49.4 Å². The summed E-state index contributed by atoms with van der Waals surface area (Å²) in [7, 11) is 0. The molecule has 114 valence electrons. The van der Waals surface area contributed by atoms with E-state index in [1.807, 2.05) is 0 Å². The minimum atomic E-state index is -1.06. The Labute approximate surface area is 122 Å². The zero-order chi connectivity index (χ0) is 15.8. The molecule has 0 radical (unpaired) electrons. The molecular formula is C15H18F2N2O2. The van der Waals surface area contributed by atoms with Gasteiger partial charge in [0.2, 0.25) is 11.8 Å². The first kappa shape index (κ1) is 15.4. The molecular weight excluding hydrogens is 278 g/mol. The van der Waals surface area contributed by atoms with Crippen molar-refractivity contribution in [2.75, 3.05) is 0 Å². The van der Waals surface area contributed by atoms with Crippen LogP contribution < -0.4 is 5.32 Å². The molecule has 1 aromatic rings. The molecule has 0 bridgehead atoms. The van der Waals surface area contributed by atoms with E-state index in [4.69, 9.17) is 0 Å². The van der Waals surface area contributed by atoms with Crippen molar-refractivity contribution in [3.05, 3.63) is 35.4 Å². The Bertz CT molecular complexity index is 567. The van der Waals surface area contributed by atoms with Crippen molar-refractivity contribution in [3.8, 4) is 0 Å². The number of piperazine rings is 1. The van der Waals surface area contributed by atoms with Crippen molar-refractivity contribution in [1.82, 2.24) is 10.2 Å². The lowest BCUT2D eigenvalue weighted by molar-refractivity contribution is -0.156. The molecule has 1 fully saturated rings. The third-order valence-corrected chi connectivity index (χ3v) is 3.77. The number of carbonyl (C=O) groups is 2. The Morgan fingerprint density at radius 2 is 1.76 bits per heavy atom. The quantitative estimate of drug-likeness (QED) is 0.927. The third-order valence-electron chi connectivity index (χ3n) is 3.77. The van der Waals surface area contributed by atoms with Gasteiger partial charge >= 0.3 is 0 Å². The Kier molecular flexibility index (Phi) is 3.98. The number of nitrogens with one attached hydrogen (secondary N) is 1. The molecule has 0 spiro atoms. The molecule has 1 aromatic carbocycles. The van der Waals surface area contributed by atoms with Crippen molar-refractivity contribution in [2.45, 2.75) is 45.3 Å². The number of benzene rings is 1. The van der Waals surface area contributed by atoms with E-state index in [-0.39, 0.29) is 18.4 Å². The number of hydrogen-bond donors (Lipinski definition) is 1. The first-order valence-electron chi connectivity index (χ1n) is 6.83. The predicted octanol–water partition coefficient (Wildman–Crippen LogP) is 1.98. The summed E-state index contributed by atoms with van der Waals surface area (Å²) in [6.45, 7) is 5.01. The number of rotatable bonds is 3. The number of hydrogen-bond acceptors (Lipinski definition) is 2. The van der Waals surface area contributed by atoms with Gasteiger partial charge in [-0.15, -0.1) is 0 Å². The summed E-state index contributed by atoms with van der Waals surface area (Å²) in [4.78, 5) is 25.9. The third kappa shape index (κ3) is 2.89. The van der Waals surface area contributed by atoms with Crippen LogP contribution in [0.4, 0.5) is 8.78 Å². The highest BCUT2D eigenvalue weighted by Crippen LogP contribution is 2.25. The van der Waals surface area contributed by atoms with E-state index in [2.05, 4.69) is 5.32 Å². The maximum atomic E-state index is 13.3. The Morgan fingerprint density at radius 3 is 2.29 bits per heavy atom. The Balaban J connectivity index is 2.34. The van der Waals surface area contributed by atoms with Gasteiger partial charge in [-0.05, 0) is 38.0 Å². The monoisotopic (exact) mass is 296 g/mol. The zero-order valence-electron chi connectivity index (χ0n) is 12.2. The molecule has 4 nitrogen and oxygen atoms in total. The highest BCUT2D eigenvalue weighted by Gasteiger charge is 2.45.